The average molecular weight is 489 g/mol. The smallest absolute Gasteiger partial charge is 0.244 e. The van der Waals surface area contributed by atoms with Crippen LogP contribution in [0, 0.1) is 5.92 Å². The van der Waals surface area contributed by atoms with Crippen LogP contribution in [0.15, 0.2) is 48.5 Å². The van der Waals surface area contributed by atoms with Gasteiger partial charge in [0.05, 0.1) is 5.75 Å². The summed E-state index contributed by atoms with van der Waals surface area (Å²) in [6.07, 6.45) is 0.616. The molecule has 33 heavy (non-hydrogen) atoms. The van der Waals surface area contributed by atoms with Crippen molar-refractivity contribution in [3.8, 4) is 22.1 Å². The number of benzene rings is 2. The lowest BCUT2D eigenvalue weighted by atomic mass is 9.99. The number of anilines is 1. The van der Waals surface area contributed by atoms with Gasteiger partial charge in [-0.1, -0.05) is 61.9 Å². The largest absolute Gasteiger partial charge is 0.454 e. The lowest BCUT2D eigenvalue weighted by Crippen LogP contribution is -2.47. The van der Waals surface area contributed by atoms with Gasteiger partial charge in [0.2, 0.25) is 27.9 Å². The Balaban J connectivity index is 1.46. The number of nitrogens with one attached hydrogen (secondary N) is 2. The lowest BCUT2D eigenvalue weighted by molar-refractivity contribution is -0.118. The molecule has 1 aliphatic heterocycles. The summed E-state index contributed by atoms with van der Waals surface area (Å²) in [5, 5.41) is 11.8. The van der Waals surface area contributed by atoms with E-state index in [-0.39, 0.29) is 23.6 Å². The molecule has 1 aliphatic rings. The van der Waals surface area contributed by atoms with Crippen LogP contribution in [0.3, 0.4) is 0 Å². The average Bonchev–Trinajstić information content (AvgIpc) is 3.46. The van der Waals surface area contributed by atoms with Crippen LogP contribution < -0.4 is 19.5 Å². The number of hydrogen-bond acceptors (Lipinski definition) is 8. The standard InChI is InChI=1S/C22H24N4O5S2/c1-3-14(2)19(26-33(28,29)12-15-7-5-4-6-8-15)20(27)23-22-25-24-21(32-22)16-9-10-17-18(11-16)31-13-30-17/h4-11,14,19,26H,3,12-13H2,1-2H3,(H,23,25,27). The third kappa shape index (κ3) is 5.67. The van der Waals surface area contributed by atoms with Crippen molar-refractivity contribution < 1.29 is 22.7 Å². The van der Waals surface area contributed by atoms with Gasteiger partial charge >= 0.3 is 0 Å². The Morgan fingerprint density at radius 1 is 1.12 bits per heavy atom. The van der Waals surface area contributed by atoms with Crippen molar-refractivity contribution in [1.29, 1.82) is 0 Å². The molecule has 0 saturated heterocycles. The highest BCUT2D eigenvalue weighted by atomic mass is 32.2. The fourth-order valence-corrected chi connectivity index (χ4v) is 5.48. The number of amides is 1. The monoisotopic (exact) mass is 488 g/mol. The molecular weight excluding hydrogens is 464 g/mol. The molecule has 3 aromatic rings. The zero-order valence-corrected chi connectivity index (χ0v) is 19.8. The highest BCUT2D eigenvalue weighted by Gasteiger charge is 2.30. The number of nitrogens with zero attached hydrogens (tertiary/aromatic N) is 2. The van der Waals surface area contributed by atoms with Gasteiger partial charge in [0.1, 0.15) is 11.0 Å². The fraction of sp³-hybridized carbons (Fsp3) is 0.318. The van der Waals surface area contributed by atoms with Gasteiger partial charge in [0.15, 0.2) is 11.5 Å². The predicted molar refractivity (Wildman–Crippen MR) is 126 cm³/mol. The molecule has 0 radical (unpaired) electrons. The highest BCUT2D eigenvalue weighted by molar-refractivity contribution is 7.88. The van der Waals surface area contributed by atoms with Gasteiger partial charge in [0.25, 0.3) is 0 Å². The molecule has 0 fully saturated rings. The Kier molecular flexibility index (Phi) is 6.91. The van der Waals surface area contributed by atoms with E-state index in [9.17, 15) is 13.2 Å². The molecule has 0 aliphatic carbocycles. The summed E-state index contributed by atoms with van der Waals surface area (Å²) in [4.78, 5) is 13.0. The molecule has 174 valence electrons. The molecule has 0 saturated carbocycles. The van der Waals surface area contributed by atoms with Crippen molar-refractivity contribution in [1.82, 2.24) is 14.9 Å². The van der Waals surface area contributed by atoms with Crippen LogP contribution >= 0.6 is 11.3 Å². The third-order valence-corrected chi connectivity index (χ3v) is 7.49. The predicted octanol–water partition coefficient (Wildman–Crippen LogP) is 3.41. The van der Waals surface area contributed by atoms with E-state index in [1.165, 1.54) is 11.3 Å². The first-order valence-electron chi connectivity index (χ1n) is 10.4. The van der Waals surface area contributed by atoms with E-state index in [1.807, 2.05) is 26.0 Å². The van der Waals surface area contributed by atoms with E-state index in [2.05, 4.69) is 20.2 Å². The Morgan fingerprint density at radius 3 is 2.64 bits per heavy atom. The van der Waals surface area contributed by atoms with Gasteiger partial charge in [-0.25, -0.2) is 13.1 Å². The van der Waals surface area contributed by atoms with Gasteiger partial charge in [-0.15, -0.1) is 10.2 Å². The van der Waals surface area contributed by atoms with E-state index in [4.69, 9.17) is 9.47 Å². The molecule has 2 aromatic carbocycles. The van der Waals surface area contributed by atoms with Crippen LogP contribution in [-0.4, -0.2) is 37.4 Å². The number of carbonyl (C=O) groups is 1. The van der Waals surface area contributed by atoms with Crippen molar-refractivity contribution in [2.45, 2.75) is 32.1 Å². The lowest BCUT2D eigenvalue weighted by Gasteiger charge is -2.22. The Morgan fingerprint density at radius 2 is 1.88 bits per heavy atom. The van der Waals surface area contributed by atoms with Crippen LogP contribution in [0.2, 0.25) is 0 Å². The highest BCUT2D eigenvalue weighted by Crippen LogP contribution is 2.37. The van der Waals surface area contributed by atoms with Gasteiger partial charge in [-0.2, -0.15) is 0 Å². The zero-order valence-electron chi connectivity index (χ0n) is 18.1. The first kappa shape index (κ1) is 23.1. The second kappa shape index (κ2) is 9.86. The number of rotatable bonds is 9. The first-order chi connectivity index (χ1) is 15.8. The molecule has 2 atom stereocenters. The molecule has 11 heteroatoms. The van der Waals surface area contributed by atoms with Gasteiger partial charge in [0, 0.05) is 5.56 Å². The normalized spacial score (nSPS) is 14.6. The summed E-state index contributed by atoms with van der Waals surface area (Å²) >= 11 is 1.19. The molecule has 1 amide bonds. The second-order valence-electron chi connectivity index (χ2n) is 7.70. The maximum Gasteiger partial charge on any atom is 0.244 e. The molecule has 2 unspecified atom stereocenters. The summed E-state index contributed by atoms with van der Waals surface area (Å²) in [5.41, 5.74) is 1.42. The van der Waals surface area contributed by atoms with Crippen molar-refractivity contribution in [3.05, 3.63) is 54.1 Å². The van der Waals surface area contributed by atoms with E-state index in [1.54, 1.807) is 36.4 Å². The summed E-state index contributed by atoms with van der Waals surface area (Å²) in [6.45, 7) is 3.90. The minimum atomic E-state index is -3.74. The Hall–Kier alpha value is -3.02. The maximum atomic E-state index is 13.0. The molecule has 2 heterocycles. The number of hydrogen-bond donors (Lipinski definition) is 2. The van der Waals surface area contributed by atoms with Crippen LogP contribution in [0.1, 0.15) is 25.8 Å². The molecule has 0 spiro atoms. The molecule has 9 nitrogen and oxygen atoms in total. The summed E-state index contributed by atoms with van der Waals surface area (Å²) in [6, 6.07) is 13.3. The number of sulfonamides is 1. The molecule has 4 rings (SSSR count). The summed E-state index contributed by atoms with van der Waals surface area (Å²) in [5.74, 6) is 0.376. The van der Waals surface area contributed by atoms with Gasteiger partial charge in [-0.05, 0) is 29.7 Å². The summed E-state index contributed by atoms with van der Waals surface area (Å²) in [7, 11) is -3.74. The number of aromatic nitrogens is 2. The quantitative estimate of drug-likeness (QED) is 0.474. The van der Waals surface area contributed by atoms with Crippen LogP contribution in [-0.2, 0) is 20.6 Å². The Labute approximate surface area is 196 Å². The minimum absolute atomic E-state index is 0.174. The van der Waals surface area contributed by atoms with Crippen molar-refractivity contribution in [3.63, 3.8) is 0 Å². The van der Waals surface area contributed by atoms with Crippen LogP contribution in [0.4, 0.5) is 5.13 Å². The number of fused-ring (bicyclic) bond motifs is 1. The van der Waals surface area contributed by atoms with E-state index < -0.39 is 22.0 Å². The van der Waals surface area contributed by atoms with Crippen molar-refractivity contribution in [2.75, 3.05) is 12.1 Å². The first-order valence-corrected chi connectivity index (χ1v) is 12.9. The second-order valence-corrected chi connectivity index (χ2v) is 10.4. The van der Waals surface area contributed by atoms with E-state index in [0.29, 0.717) is 28.5 Å². The molecule has 2 N–H and O–H groups in total. The fourth-order valence-electron chi connectivity index (χ4n) is 3.30. The Bertz CT molecular complexity index is 1230. The van der Waals surface area contributed by atoms with Crippen LogP contribution in [0.5, 0.6) is 11.5 Å². The topological polar surface area (TPSA) is 120 Å². The van der Waals surface area contributed by atoms with E-state index >= 15 is 0 Å². The number of carbonyl (C=O) groups excluding carboxylic acids is 1. The van der Waals surface area contributed by atoms with Crippen molar-refractivity contribution >= 4 is 32.4 Å². The minimum Gasteiger partial charge on any atom is -0.454 e. The summed E-state index contributed by atoms with van der Waals surface area (Å²) < 4.78 is 38.7. The van der Waals surface area contributed by atoms with Gasteiger partial charge < -0.3 is 9.47 Å². The van der Waals surface area contributed by atoms with E-state index in [0.717, 1.165) is 5.56 Å². The van der Waals surface area contributed by atoms with Crippen LogP contribution in [0.25, 0.3) is 10.6 Å². The third-order valence-electron chi connectivity index (χ3n) is 5.28. The SMILES string of the molecule is CCC(C)C(NS(=O)(=O)Cc1ccccc1)C(=O)Nc1nnc(-c2ccc3c(c2)OCO3)s1. The number of ether oxygens (including phenoxy) is 2. The molecular formula is C22H24N4O5S2. The molecule has 1 aromatic heterocycles. The van der Waals surface area contributed by atoms with Crippen molar-refractivity contribution in [2.24, 2.45) is 5.92 Å². The molecule has 0 bridgehead atoms. The zero-order chi connectivity index (χ0) is 23.4. The maximum absolute atomic E-state index is 13.0. The van der Waals surface area contributed by atoms with Gasteiger partial charge in [-0.3, -0.25) is 10.1 Å².